The average molecular weight is 191 g/mol. The van der Waals surface area contributed by atoms with Crippen LogP contribution < -0.4 is 4.90 Å². The van der Waals surface area contributed by atoms with E-state index < -0.39 is 0 Å². The molecule has 1 aliphatic rings. The zero-order chi connectivity index (χ0) is 10.3. The van der Waals surface area contributed by atoms with E-state index in [1.54, 1.807) is 0 Å². The molecule has 2 rings (SSSR count). The first-order valence-electron chi connectivity index (χ1n) is 5.14. The quantitative estimate of drug-likeness (QED) is 0.680. The maximum absolute atomic E-state index is 9.83. The normalized spacial score (nSPS) is 15.5. The fourth-order valence-electron chi connectivity index (χ4n) is 2.26. The van der Waals surface area contributed by atoms with Gasteiger partial charge in [0.25, 0.3) is 0 Å². The summed E-state index contributed by atoms with van der Waals surface area (Å²) in [6, 6.07) is 2.09. The summed E-state index contributed by atoms with van der Waals surface area (Å²) in [4.78, 5) is 2.28. The molecule has 1 aliphatic heterocycles. The van der Waals surface area contributed by atoms with Crippen LogP contribution in [-0.2, 0) is 6.42 Å². The molecular weight excluding hydrogens is 174 g/mol. The Bertz CT molecular complexity index is 371. The molecule has 1 heterocycles. The summed E-state index contributed by atoms with van der Waals surface area (Å²) in [5, 5.41) is 9.83. The van der Waals surface area contributed by atoms with Gasteiger partial charge >= 0.3 is 0 Å². The van der Waals surface area contributed by atoms with Crippen molar-refractivity contribution >= 4 is 5.69 Å². The van der Waals surface area contributed by atoms with Crippen molar-refractivity contribution in [1.82, 2.24) is 0 Å². The summed E-state index contributed by atoms with van der Waals surface area (Å²) in [6.45, 7) is 5.10. The number of aryl methyl sites for hydroxylation is 1. The molecule has 0 amide bonds. The van der Waals surface area contributed by atoms with Crippen molar-refractivity contribution < 1.29 is 5.11 Å². The maximum Gasteiger partial charge on any atom is 0.121 e. The number of rotatable bonds is 0. The molecule has 2 nitrogen and oxygen atoms in total. The Kier molecular flexibility index (Phi) is 2.14. The van der Waals surface area contributed by atoms with E-state index in [4.69, 9.17) is 0 Å². The van der Waals surface area contributed by atoms with Gasteiger partial charge in [-0.2, -0.15) is 0 Å². The molecule has 0 fully saturated rings. The van der Waals surface area contributed by atoms with Gasteiger partial charge in [0.1, 0.15) is 5.75 Å². The third-order valence-electron chi connectivity index (χ3n) is 3.18. The Balaban J connectivity index is 2.63. The van der Waals surface area contributed by atoms with E-state index >= 15 is 0 Å². The van der Waals surface area contributed by atoms with Crippen molar-refractivity contribution in [2.24, 2.45) is 0 Å². The van der Waals surface area contributed by atoms with Crippen LogP contribution in [0, 0.1) is 13.8 Å². The van der Waals surface area contributed by atoms with Gasteiger partial charge in [-0.05, 0) is 49.4 Å². The second kappa shape index (κ2) is 3.19. The van der Waals surface area contributed by atoms with Crippen molar-refractivity contribution in [1.29, 1.82) is 0 Å². The van der Waals surface area contributed by atoms with E-state index in [2.05, 4.69) is 18.0 Å². The lowest BCUT2D eigenvalue weighted by Crippen LogP contribution is -2.25. The first kappa shape index (κ1) is 9.38. The highest BCUT2D eigenvalue weighted by atomic mass is 16.3. The van der Waals surface area contributed by atoms with Gasteiger partial charge in [-0.1, -0.05) is 0 Å². The molecule has 0 aliphatic carbocycles. The molecule has 0 aromatic heterocycles. The first-order valence-corrected chi connectivity index (χ1v) is 5.14. The van der Waals surface area contributed by atoms with Crippen LogP contribution in [0.3, 0.4) is 0 Å². The Hall–Kier alpha value is -1.18. The minimum atomic E-state index is 0.471. The van der Waals surface area contributed by atoms with Gasteiger partial charge in [0.2, 0.25) is 0 Å². The van der Waals surface area contributed by atoms with Crippen LogP contribution >= 0.6 is 0 Å². The second-order valence-corrected chi connectivity index (χ2v) is 4.19. The Morgan fingerprint density at radius 2 is 2.07 bits per heavy atom. The molecule has 2 heteroatoms. The van der Waals surface area contributed by atoms with Crippen LogP contribution in [0.2, 0.25) is 0 Å². The number of aromatic hydroxyl groups is 1. The number of hydrogen-bond acceptors (Lipinski definition) is 2. The van der Waals surface area contributed by atoms with E-state index in [0.29, 0.717) is 5.75 Å². The molecule has 0 saturated carbocycles. The topological polar surface area (TPSA) is 23.5 Å². The molecule has 0 radical (unpaired) electrons. The molecule has 14 heavy (non-hydrogen) atoms. The predicted octanol–water partition coefficient (Wildman–Crippen LogP) is 2.39. The lowest BCUT2D eigenvalue weighted by Gasteiger charge is -2.29. The van der Waals surface area contributed by atoms with Crippen molar-refractivity contribution in [2.45, 2.75) is 26.7 Å². The molecule has 1 N–H and O–H groups in total. The first-order chi connectivity index (χ1) is 6.61. The fourth-order valence-corrected chi connectivity index (χ4v) is 2.26. The summed E-state index contributed by atoms with van der Waals surface area (Å²) in [7, 11) is 2.12. The molecule has 0 atom stereocenters. The Morgan fingerprint density at radius 1 is 1.36 bits per heavy atom. The van der Waals surface area contributed by atoms with Crippen molar-refractivity contribution in [2.75, 3.05) is 18.5 Å². The van der Waals surface area contributed by atoms with Gasteiger partial charge in [0.15, 0.2) is 0 Å². The Labute approximate surface area is 85.2 Å². The van der Waals surface area contributed by atoms with Gasteiger partial charge in [-0.25, -0.2) is 0 Å². The molecule has 0 bridgehead atoms. The molecule has 76 valence electrons. The fraction of sp³-hybridized carbons (Fsp3) is 0.500. The molecule has 0 unspecified atom stereocenters. The molecule has 1 aromatic carbocycles. The largest absolute Gasteiger partial charge is 0.507 e. The minimum absolute atomic E-state index is 0.471. The third kappa shape index (κ3) is 1.26. The van der Waals surface area contributed by atoms with Crippen LogP contribution in [0.4, 0.5) is 5.69 Å². The highest BCUT2D eigenvalue weighted by molar-refractivity contribution is 5.63. The highest BCUT2D eigenvalue weighted by Gasteiger charge is 2.18. The SMILES string of the molecule is Cc1cc2c(c(C)c1O)CCCN2C. The van der Waals surface area contributed by atoms with Gasteiger partial charge < -0.3 is 10.0 Å². The predicted molar refractivity (Wildman–Crippen MR) is 59.2 cm³/mol. The third-order valence-corrected chi connectivity index (χ3v) is 3.18. The van der Waals surface area contributed by atoms with E-state index in [1.807, 2.05) is 13.8 Å². The zero-order valence-electron chi connectivity index (χ0n) is 9.09. The van der Waals surface area contributed by atoms with Crippen LogP contribution in [0.15, 0.2) is 6.07 Å². The number of phenols is 1. The van der Waals surface area contributed by atoms with Gasteiger partial charge in [-0.15, -0.1) is 0 Å². The number of nitrogens with zero attached hydrogens (tertiary/aromatic N) is 1. The van der Waals surface area contributed by atoms with E-state index in [-0.39, 0.29) is 0 Å². The van der Waals surface area contributed by atoms with Crippen molar-refractivity contribution in [3.63, 3.8) is 0 Å². The lowest BCUT2D eigenvalue weighted by atomic mass is 9.94. The van der Waals surface area contributed by atoms with Crippen LogP contribution in [0.25, 0.3) is 0 Å². The number of anilines is 1. The second-order valence-electron chi connectivity index (χ2n) is 4.19. The smallest absolute Gasteiger partial charge is 0.121 e. The number of hydrogen-bond donors (Lipinski definition) is 1. The summed E-state index contributed by atoms with van der Waals surface area (Å²) in [5.41, 5.74) is 4.66. The standard InChI is InChI=1S/C12H17NO/c1-8-7-11-10(9(2)12(8)14)5-4-6-13(11)3/h7,14H,4-6H2,1-3H3. The van der Waals surface area contributed by atoms with Crippen molar-refractivity contribution in [3.8, 4) is 5.75 Å². The molecular formula is C12H17NO. The zero-order valence-corrected chi connectivity index (χ0v) is 9.09. The lowest BCUT2D eigenvalue weighted by molar-refractivity contribution is 0.465. The number of fused-ring (bicyclic) bond motifs is 1. The summed E-state index contributed by atoms with van der Waals surface area (Å²) < 4.78 is 0. The van der Waals surface area contributed by atoms with Crippen LogP contribution in [0.5, 0.6) is 5.75 Å². The van der Waals surface area contributed by atoms with Crippen LogP contribution in [0.1, 0.15) is 23.1 Å². The monoisotopic (exact) mass is 191 g/mol. The minimum Gasteiger partial charge on any atom is -0.507 e. The summed E-state index contributed by atoms with van der Waals surface area (Å²) in [6.07, 6.45) is 2.28. The van der Waals surface area contributed by atoms with Crippen LogP contribution in [-0.4, -0.2) is 18.7 Å². The van der Waals surface area contributed by atoms with E-state index in [1.165, 1.54) is 17.7 Å². The average Bonchev–Trinajstić information content (AvgIpc) is 2.17. The van der Waals surface area contributed by atoms with Gasteiger partial charge in [-0.3, -0.25) is 0 Å². The Morgan fingerprint density at radius 3 is 2.79 bits per heavy atom. The highest BCUT2D eigenvalue weighted by Crippen LogP contribution is 2.35. The summed E-state index contributed by atoms with van der Waals surface area (Å²) in [5.74, 6) is 0.471. The summed E-state index contributed by atoms with van der Waals surface area (Å²) >= 11 is 0. The maximum atomic E-state index is 9.83. The number of benzene rings is 1. The van der Waals surface area contributed by atoms with Gasteiger partial charge in [0, 0.05) is 19.3 Å². The van der Waals surface area contributed by atoms with Crippen molar-refractivity contribution in [3.05, 3.63) is 22.8 Å². The molecule has 0 saturated heterocycles. The molecule has 1 aromatic rings. The van der Waals surface area contributed by atoms with Gasteiger partial charge in [0.05, 0.1) is 0 Å². The van der Waals surface area contributed by atoms with E-state index in [0.717, 1.165) is 24.1 Å². The van der Waals surface area contributed by atoms with E-state index in [9.17, 15) is 5.11 Å². The number of phenolic OH excluding ortho intramolecular Hbond substituents is 1. The molecule has 0 spiro atoms.